The lowest BCUT2D eigenvalue weighted by atomic mass is 10.3. The number of hydrogen-bond acceptors (Lipinski definition) is 10. The molecular formula is C18H17N5O5S2. The van der Waals surface area contributed by atoms with Gasteiger partial charge in [-0.1, -0.05) is 11.8 Å². The van der Waals surface area contributed by atoms with Gasteiger partial charge >= 0.3 is 5.97 Å². The summed E-state index contributed by atoms with van der Waals surface area (Å²) in [5, 5.41) is 15.7. The Kier molecular flexibility index (Phi) is 7.51. The lowest BCUT2D eigenvalue weighted by molar-refractivity contribution is -0.142. The number of thiazole rings is 1. The Labute approximate surface area is 179 Å². The fourth-order valence-corrected chi connectivity index (χ4v) is 3.49. The van der Waals surface area contributed by atoms with Crippen LogP contribution in [0.5, 0.6) is 0 Å². The normalized spacial score (nSPS) is 10.4. The number of hydrogen-bond donors (Lipinski definition) is 2. The molecular weight excluding hydrogens is 430 g/mol. The third kappa shape index (κ3) is 6.39. The number of carbonyl (C=O) groups excluding carboxylic acids is 3. The van der Waals surface area contributed by atoms with Crippen LogP contribution in [0.1, 0.15) is 23.2 Å². The first-order valence-corrected chi connectivity index (χ1v) is 10.6. The zero-order valence-corrected chi connectivity index (χ0v) is 17.4. The van der Waals surface area contributed by atoms with Crippen LogP contribution in [0.25, 0.3) is 0 Å². The van der Waals surface area contributed by atoms with E-state index in [2.05, 4.69) is 25.8 Å². The fraction of sp³-hybridized carbons (Fsp3) is 0.222. The van der Waals surface area contributed by atoms with E-state index in [0.717, 1.165) is 0 Å². The highest BCUT2D eigenvalue weighted by Gasteiger charge is 2.12. The van der Waals surface area contributed by atoms with E-state index in [-0.39, 0.29) is 35.6 Å². The Balaban J connectivity index is 1.44. The summed E-state index contributed by atoms with van der Waals surface area (Å²) in [6.45, 7) is 2.04. The predicted molar refractivity (Wildman–Crippen MR) is 110 cm³/mol. The van der Waals surface area contributed by atoms with E-state index < -0.39 is 5.91 Å². The van der Waals surface area contributed by atoms with Crippen LogP contribution in [0.2, 0.25) is 0 Å². The molecule has 2 N–H and O–H groups in total. The molecule has 0 fully saturated rings. The van der Waals surface area contributed by atoms with E-state index in [1.165, 1.54) is 35.4 Å². The van der Waals surface area contributed by atoms with Gasteiger partial charge in [0.25, 0.3) is 5.91 Å². The number of aromatic nitrogens is 3. The molecule has 0 bridgehead atoms. The fourth-order valence-electron chi connectivity index (χ4n) is 2.15. The number of ether oxygens (including phenoxy) is 1. The first kappa shape index (κ1) is 21.5. The highest BCUT2D eigenvalue weighted by molar-refractivity contribution is 7.99. The van der Waals surface area contributed by atoms with Crippen LogP contribution < -0.4 is 10.6 Å². The monoisotopic (exact) mass is 447 g/mol. The number of carbonyl (C=O) groups is 3. The molecule has 0 saturated carbocycles. The molecule has 30 heavy (non-hydrogen) atoms. The molecule has 3 aromatic rings. The van der Waals surface area contributed by atoms with E-state index in [4.69, 9.17) is 9.15 Å². The van der Waals surface area contributed by atoms with Crippen molar-refractivity contribution in [1.29, 1.82) is 0 Å². The van der Waals surface area contributed by atoms with Gasteiger partial charge in [-0.2, -0.15) is 0 Å². The Morgan fingerprint density at radius 3 is 2.77 bits per heavy atom. The van der Waals surface area contributed by atoms with Crippen LogP contribution >= 0.6 is 23.1 Å². The molecule has 0 aliphatic heterocycles. The summed E-state index contributed by atoms with van der Waals surface area (Å²) in [6.07, 6.45) is 1.46. The van der Waals surface area contributed by atoms with E-state index in [0.29, 0.717) is 22.5 Å². The number of anilines is 2. The highest BCUT2D eigenvalue weighted by atomic mass is 32.2. The van der Waals surface area contributed by atoms with Crippen molar-refractivity contribution in [3.63, 3.8) is 0 Å². The SMILES string of the molecule is CCOC(=O)Cc1csc(NC(=O)CSc2ccc(NC(=O)c3ccco3)nn2)n1. The van der Waals surface area contributed by atoms with Gasteiger partial charge in [0.2, 0.25) is 5.91 Å². The van der Waals surface area contributed by atoms with Gasteiger partial charge in [0.15, 0.2) is 16.7 Å². The van der Waals surface area contributed by atoms with Crippen molar-refractivity contribution >= 4 is 51.8 Å². The van der Waals surface area contributed by atoms with E-state index in [9.17, 15) is 14.4 Å². The zero-order valence-electron chi connectivity index (χ0n) is 15.8. The maximum Gasteiger partial charge on any atom is 0.311 e. The van der Waals surface area contributed by atoms with Gasteiger partial charge in [-0.3, -0.25) is 14.4 Å². The quantitative estimate of drug-likeness (QED) is 0.374. The van der Waals surface area contributed by atoms with Gasteiger partial charge in [-0.05, 0) is 31.2 Å². The minimum atomic E-state index is -0.431. The van der Waals surface area contributed by atoms with E-state index in [1.54, 1.807) is 30.5 Å². The van der Waals surface area contributed by atoms with Crippen molar-refractivity contribution in [2.75, 3.05) is 23.0 Å². The third-order valence-corrected chi connectivity index (χ3v) is 5.13. The van der Waals surface area contributed by atoms with Crippen LogP contribution in [0.15, 0.2) is 45.4 Å². The summed E-state index contributed by atoms with van der Waals surface area (Å²) in [7, 11) is 0. The largest absolute Gasteiger partial charge is 0.466 e. The Morgan fingerprint density at radius 2 is 2.07 bits per heavy atom. The molecule has 0 aliphatic carbocycles. The molecule has 156 valence electrons. The second-order valence-corrected chi connectivity index (χ2v) is 7.50. The average Bonchev–Trinajstić information content (AvgIpc) is 3.40. The average molecular weight is 447 g/mol. The van der Waals surface area contributed by atoms with Gasteiger partial charge < -0.3 is 19.8 Å². The number of rotatable bonds is 9. The molecule has 3 rings (SSSR count). The van der Waals surface area contributed by atoms with Crippen LogP contribution in [-0.2, 0) is 20.7 Å². The molecule has 10 nitrogen and oxygen atoms in total. The molecule has 0 spiro atoms. The Morgan fingerprint density at radius 1 is 1.20 bits per heavy atom. The third-order valence-electron chi connectivity index (χ3n) is 3.41. The first-order chi connectivity index (χ1) is 14.5. The van der Waals surface area contributed by atoms with Crippen molar-refractivity contribution < 1.29 is 23.5 Å². The number of furan rings is 1. The van der Waals surface area contributed by atoms with Gasteiger partial charge in [0, 0.05) is 5.38 Å². The molecule has 0 saturated heterocycles. The van der Waals surface area contributed by atoms with Crippen molar-refractivity contribution in [3.05, 3.63) is 47.4 Å². The van der Waals surface area contributed by atoms with Gasteiger partial charge in [0.05, 0.1) is 30.7 Å². The van der Waals surface area contributed by atoms with Crippen LogP contribution in [0.3, 0.4) is 0 Å². The smallest absolute Gasteiger partial charge is 0.311 e. The first-order valence-electron chi connectivity index (χ1n) is 8.74. The van der Waals surface area contributed by atoms with E-state index >= 15 is 0 Å². The number of nitrogens with zero attached hydrogens (tertiary/aromatic N) is 3. The van der Waals surface area contributed by atoms with Crippen molar-refractivity contribution in [2.24, 2.45) is 0 Å². The van der Waals surface area contributed by atoms with E-state index in [1.807, 2.05) is 0 Å². The molecule has 0 aliphatic rings. The van der Waals surface area contributed by atoms with Gasteiger partial charge in [-0.15, -0.1) is 21.5 Å². The molecule has 3 heterocycles. The molecule has 0 unspecified atom stereocenters. The lowest BCUT2D eigenvalue weighted by Gasteiger charge is -2.03. The number of amides is 2. The summed E-state index contributed by atoms with van der Waals surface area (Å²) < 4.78 is 9.87. The Bertz CT molecular complexity index is 1000. The molecule has 3 aromatic heterocycles. The second kappa shape index (κ2) is 10.5. The Hall–Kier alpha value is -3.25. The summed E-state index contributed by atoms with van der Waals surface area (Å²) in [5.74, 6) is -0.534. The zero-order chi connectivity index (χ0) is 21.3. The van der Waals surface area contributed by atoms with Crippen molar-refractivity contribution in [3.8, 4) is 0 Å². The molecule has 12 heteroatoms. The molecule has 0 aromatic carbocycles. The molecule has 2 amide bonds. The summed E-state index contributed by atoms with van der Waals surface area (Å²) in [5.41, 5.74) is 0.541. The predicted octanol–water partition coefficient (Wildman–Crippen LogP) is 2.61. The van der Waals surface area contributed by atoms with Gasteiger partial charge in [-0.25, -0.2) is 4.98 Å². The molecule has 0 radical (unpaired) electrons. The standard InChI is InChI=1S/C18H17N5O5S2/c1-2-27-16(25)8-11-9-30-18(19-11)21-14(24)10-29-15-6-5-13(22-23-15)20-17(26)12-4-3-7-28-12/h3-7,9H,2,8,10H2,1H3,(H,19,21,24)(H,20,22,26). The number of esters is 1. The van der Waals surface area contributed by atoms with Crippen LogP contribution in [-0.4, -0.2) is 45.3 Å². The maximum atomic E-state index is 12.1. The van der Waals surface area contributed by atoms with Crippen LogP contribution in [0, 0.1) is 0 Å². The summed E-state index contributed by atoms with van der Waals surface area (Å²) in [4.78, 5) is 39.6. The van der Waals surface area contributed by atoms with Crippen LogP contribution in [0.4, 0.5) is 10.9 Å². The summed E-state index contributed by atoms with van der Waals surface area (Å²) >= 11 is 2.41. The minimum Gasteiger partial charge on any atom is -0.466 e. The van der Waals surface area contributed by atoms with Crippen molar-refractivity contribution in [2.45, 2.75) is 18.4 Å². The lowest BCUT2D eigenvalue weighted by Crippen LogP contribution is -2.14. The second-order valence-electron chi connectivity index (χ2n) is 5.65. The minimum absolute atomic E-state index is 0.0629. The molecule has 0 atom stereocenters. The number of nitrogens with one attached hydrogen (secondary N) is 2. The summed E-state index contributed by atoms with van der Waals surface area (Å²) in [6, 6.07) is 6.37. The highest BCUT2D eigenvalue weighted by Crippen LogP contribution is 2.19. The van der Waals surface area contributed by atoms with Crippen molar-refractivity contribution in [1.82, 2.24) is 15.2 Å². The topological polar surface area (TPSA) is 136 Å². The maximum absolute atomic E-state index is 12.1. The van der Waals surface area contributed by atoms with Gasteiger partial charge in [0.1, 0.15) is 5.03 Å². The number of thioether (sulfide) groups is 1.